The van der Waals surface area contributed by atoms with E-state index < -0.39 is 7.12 Å². The third kappa shape index (κ3) is 3.98. The molecule has 2 heterocycles. The molecule has 26 heavy (non-hydrogen) atoms. The largest absolute Gasteiger partial charge is 0.488 e. The van der Waals surface area contributed by atoms with E-state index in [1.54, 1.807) is 18.2 Å². The van der Waals surface area contributed by atoms with E-state index in [9.17, 15) is 10.0 Å². The summed E-state index contributed by atoms with van der Waals surface area (Å²) in [6.45, 7) is 3.21. The molecular weight excluding hydrogens is 327 g/mol. The molecule has 134 valence electrons. The van der Waals surface area contributed by atoms with Crippen LogP contribution in [0.1, 0.15) is 24.3 Å². The van der Waals surface area contributed by atoms with Crippen LogP contribution in [0.15, 0.2) is 52.9 Å². The van der Waals surface area contributed by atoms with Crippen LogP contribution in [-0.2, 0) is 13.0 Å². The van der Waals surface area contributed by atoms with Crippen LogP contribution in [0.2, 0.25) is 0 Å². The molecule has 0 saturated carbocycles. The number of hydrogen-bond donors (Lipinski definition) is 2. The van der Waals surface area contributed by atoms with E-state index in [0.29, 0.717) is 17.0 Å². The fourth-order valence-electron chi connectivity index (χ4n) is 3.67. The molecule has 5 nitrogen and oxygen atoms in total. The average Bonchev–Trinajstić information content (AvgIpc) is 3.05. The van der Waals surface area contributed by atoms with Crippen molar-refractivity contribution >= 4 is 23.7 Å². The normalized spacial score (nSPS) is 16.2. The van der Waals surface area contributed by atoms with Gasteiger partial charge in [0.15, 0.2) is 11.5 Å². The van der Waals surface area contributed by atoms with Gasteiger partial charge in [0.25, 0.3) is 0 Å². The molecular formula is C20H23BN2O3. The number of hydrogen-bond acceptors (Lipinski definition) is 5. The zero-order chi connectivity index (χ0) is 17.9. The fraction of sp³-hybridized carbons (Fsp3) is 0.350. The Hall–Kier alpha value is -2.15. The first-order valence-corrected chi connectivity index (χ1v) is 9.19. The van der Waals surface area contributed by atoms with Crippen molar-refractivity contribution in [2.75, 3.05) is 13.1 Å². The zero-order valence-electron chi connectivity index (χ0n) is 14.7. The topological polar surface area (TPSA) is 69.7 Å². The number of fused-ring (bicyclic) bond motifs is 1. The molecule has 0 unspecified atom stereocenters. The van der Waals surface area contributed by atoms with E-state index in [2.05, 4.69) is 40.2 Å². The van der Waals surface area contributed by atoms with Gasteiger partial charge in [-0.2, -0.15) is 0 Å². The van der Waals surface area contributed by atoms with Crippen LogP contribution >= 0.6 is 0 Å². The Kier molecular flexibility index (Phi) is 5.06. The number of likely N-dealkylation sites (tertiary alicyclic amines) is 1. The molecule has 0 atom stereocenters. The summed E-state index contributed by atoms with van der Waals surface area (Å²) in [6.07, 6.45) is 3.13. The summed E-state index contributed by atoms with van der Waals surface area (Å²) >= 11 is 0. The molecule has 1 saturated heterocycles. The highest BCUT2D eigenvalue weighted by molar-refractivity contribution is 6.58. The minimum atomic E-state index is -1.48. The van der Waals surface area contributed by atoms with Gasteiger partial charge in [0.2, 0.25) is 0 Å². The lowest BCUT2D eigenvalue weighted by Crippen LogP contribution is -2.33. The van der Waals surface area contributed by atoms with Gasteiger partial charge >= 0.3 is 7.12 Å². The van der Waals surface area contributed by atoms with Crippen molar-refractivity contribution in [1.82, 2.24) is 9.88 Å². The van der Waals surface area contributed by atoms with E-state index >= 15 is 0 Å². The maximum absolute atomic E-state index is 9.27. The van der Waals surface area contributed by atoms with Crippen molar-refractivity contribution < 1.29 is 14.5 Å². The zero-order valence-corrected chi connectivity index (χ0v) is 14.7. The molecule has 3 aromatic rings. The Bertz CT molecular complexity index is 858. The van der Waals surface area contributed by atoms with E-state index in [1.165, 1.54) is 5.56 Å². The number of rotatable bonds is 5. The van der Waals surface area contributed by atoms with Gasteiger partial charge in [0, 0.05) is 13.0 Å². The lowest BCUT2D eigenvalue weighted by molar-refractivity contribution is 0.173. The van der Waals surface area contributed by atoms with Gasteiger partial charge in [0.05, 0.1) is 0 Å². The Morgan fingerprint density at radius 3 is 2.58 bits per heavy atom. The molecule has 4 rings (SSSR count). The van der Waals surface area contributed by atoms with Gasteiger partial charge in [-0.25, -0.2) is 4.98 Å². The molecule has 0 amide bonds. The highest BCUT2D eigenvalue weighted by atomic mass is 16.4. The smallest absolute Gasteiger partial charge is 0.441 e. The summed E-state index contributed by atoms with van der Waals surface area (Å²) in [5.74, 6) is 1.32. The molecule has 0 aliphatic carbocycles. The first kappa shape index (κ1) is 17.3. The third-order valence-corrected chi connectivity index (χ3v) is 5.17. The van der Waals surface area contributed by atoms with Crippen LogP contribution in [0, 0.1) is 5.92 Å². The number of oxazole rings is 1. The summed E-state index contributed by atoms with van der Waals surface area (Å²) in [4.78, 5) is 7.06. The lowest BCUT2D eigenvalue weighted by atomic mass is 9.80. The number of aromatic nitrogens is 1. The van der Waals surface area contributed by atoms with Crippen LogP contribution in [-0.4, -0.2) is 40.1 Å². The summed E-state index contributed by atoms with van der Waals surface area (Å²) in [6, 6.07) is 15.7. The number of benzene rings is 2. The maximum atomic E-state index is 9.27. The molecule has 2 aromatic carbocycles. The van der Waals surface area contributed by atoms with E-state index in [0.717, 1.165) is 50.3 Å². The molecule has 1 aliphatic rings. The van der Waals surface area contributed by atoms with E-state index in [4.69, 9.17) is 4.42 Å². The highest BCUT2D eigenvalue weighted by Crippen LogP contribution is 2.24. The van der Waals surface area contributed by atoms with E-state index in [1.807, 2.05) is 0 Å². The number of piperidine rings is 1. The Labute approximate surface area is 153 Å². The molecule has 2 N–H and O–H groups in total. The minimum absolute atomic E-state index is 0.425. The summed E-state index contributed by atoms with van der Waals surface area (Å²) in [5.41, 5.74) is 3.18. The predicted octanol–water partition coefficient (Wildman–Crippen LogP) is 1.96. The van der Waals surface area contributed by atoms with E-state index in [-0.39, 0.29) is 0 Å². The fourth-order valence-corrected chi connectivity index (χ4v) is 3.67. The van der Waals surface area contributed by atoms with Crippen LogP contribution in [0.5, 0.6) is 0 Å². The Morgan fingerprint density at radius 2 is 1.85 bits per heavy atom. The lowest BCUT2D eigenvalue weighted by Gasteiger charge is -2.31. The molecule has 1 aliphatic heterocycles. The van der Waals surface area contributed by atoms with Gasteiger partial charge < -0.3 is 14.5 Å². The summed E-state index contributed by atoms with van der Waals surface area (Å²) in [7, 11) is -1.48. The average molecular weight is 350 g/mol. The second-order valence-electron chi connectivity index (χ2n) is 7.12. The Balaban J connectivity index is 1.34. The first-order valence-electron chi connectivity index (χ1n) is 9.19. The van der Waals surface area contributed by atoms with Crippen molar-refractivity contribution in [3.8, 4) is 0 Å². The van der Waals surface area contributed by atoms with Crippen LogP contribution in [0.4, 0.5) is 0 Å². The van der Waals surface area contributed by atoms with Crippen molar-refractivity contribution in [3.63, 3.8) is 0 Å². The monoisotopic (exact) mass is 350 g/mol. The van der Waals surface area contributed by atoms with Crippen LogP contribution in [0.3, 0.4) is 0 Å². The Morgan fingerprint density at radius 1 is 1.08 bits per heavy atom. The molecule has 0 spiro atoms. The van der Waals surface area contributed by atoms with Crippen LogP contribution in [0.25, 0.3) is 11.1 Å². The number of nitrogens with zero attached hydrogens (tertiary/aromatic N) is 2. The van der Waals surface area contributed by atoms with Crippen molar-refractivity contribution in [3.05, 3.63) is 60.0 Å². The standard InChI is InChI=1S/C20H23BN2O3/c24-21(25)17-6-7-18-19(13-17)26-20(22-18)12-15-8-10-23(11-9-15)14-16-4-2-1-3-5-16/h1-7,13,15,24-25H,8-12,14H2. The van der Waals surface area contributed by atoms with Gasteiger partial charge in [-0.05, 0) is 55.0 Å². The molecule has 0 radical (unpaired) electrons. The van der Waals surface area contributed by atoms with Crippen molar-refractivity contribution in [2.45, 2.75) is 25.8 Å². The molecule has 0 bridgehead atoms. The first-order chi connectivity index (χ1) is 12.7. The second-order valence-corrected chi connectivity index (χ2v) is 7.12. The third-order valence-electron chi connectivity index (χ3n) is 5.17. The summed E-state index contributed by atoms with van der Waals surface area (Å²) in [5, 5.41) is 18.5. The van der Waals surface area contributed by atoms with Gasteiger partial charge in [-0.1, -0.05) is 36.4 Å². The van der Waals surface area contributed by atoms with Crippen molar-refractivity contribution in [1.29, 1.82) is 0 Å². The minimum Gasteiger partial charge on any atom is -0.441 e. The van der Waals surface area contributed by atoms with Crippen LogP contribution < -0.4 is 5.46 Å². The van der Waals surface area contributed by atoms with Gasteiger partial charge in [0.1, 0.15) is 5.52 Å². The molecule has 1 fully saturated rings. The van der Waals surface area contributed by atoms with Gasteiger partial charge in [-0.3, -0.25) is 4.90 Å². The second kappa shape index (κ2) is 7.62. The van der Waals surface area contributed by atoms with Crippen molar-refractivity contribution in [2.24, 2.45) is 5.92 Å². The quantitative estimate of drug-likeness (QED) is 0.689. The predicted molar refractivity (Wildman–Crippen MR) is 102 cm³/mol. The summed E-state index contributed by atoms with van der Waals surface area (Å²) < 4.78 is 5.84. The van der Waals surface area contributed by atoms with Gasteiger partial charge in [-0.15, -0.1) is 0 Å². The molecule has 6 heteroatoms. The SMILES string of the molecule is OB(O)c1ccc2nc(CC3CCN(Cc4ccccc4)CC3)oc2c1. The highest BCUT2D eigenvalue weighted by Gasteiger charge is 2.22. The maximum Gasteiger partial charge on any atom is 0.488 e. The molecule has 1 aromatic heterocycles.